The monoisotopic (exact) mass is 242 g/mol. The molecule has 4 N–H and O–H groups in total. The van der Waals surface area contributed by atoms with Gasteiger partial charge in [0.25, 0.3) is 5.91 Å². The summed E-state index contributed by atoms with van der Waals surface area (Å²) in [7, 11) is 0. The molecule has 0 saturated heterocycles. The number of nitrogens with two attached hydrogens (primary N) is 1. The van der Waals surface area contributed by atoms with Crippen LogP contribution in [-0.4, -0.2) is 23.2 Å². The van der Waals surface area contributed by atoms with Crippen LogP contribution in [0.25, 0.3) is 0 Å². The summed E-state index contributed by atoms with van der Waals surface area (Å²) in [6.07, 6.45) is 1.25. The van der Waals surface area contributed by atoms with Gasteiger partial charge in [-0.2, -0.15) is 0 Å². The minimum atomic E-state index is -0.947. The summed E-state index contributed by atoms with van der Waals surface area (Å²) in [5, 5.41) is 11.5. The van der Waals surface area contributed by atoms with E-state index in [1.807, 2.05) is 0 Å². The maximum Gasteiger partial charge on any atom is 0.254 e. The molecule has 17 heavy (non-hydrogen) atoms. The average molecular weight is 242 g/mol. The predicted octanol–water partition coefficient (Wildman–Crippen LogP) is 0.802. The molecular formula is C11H12F2N2O2. The number of halogens is 2. The lowest BCUT2D eigenvalue weighted by Gasteiger charge is -2.15. The number of hydrogen-bond donors (Lipinski definition) is 3. The number of aliphatic hydroxyl groups excluding tert-OH is 1. The van der Waals surface area contributed by atoms with Crippen molar-refractivity contribution in [1.82, 2.24) is 5.32 Å². The highest BCUT2D eigenvalue weighted by atomic mass is 19.1. The molecule has 0 aromatic heterocycles. The van der Waals surface area contributed by atoms with E-state index < -0.39 is 34.3 Å². The predicted molar refractivity (Wildman–Crippen MR) is 57.3 cm³/mol. The van der Waals surface area contributed by atoms with Crippen LogP contribution in [0.5, 0.6) is 0 Å². The third-order valence-corrected chi connectivity index (χ3v) is 2.85. The van der Waals surface area contributed by atoms with Crippen LogP contribution in [0.1, 0.15) is 23.2 Å². The summed E-state index contributed by atoms with van der Waals surface area (Å²) in [5.74, 6) is -2.49. The molecule has 1 saturated carbocycles. The van der Waals surface area contributed by atoms with Crippen LogP contribution in [0.4, 0.5) is 14.5 Å². The zero-order valence-corrected chi connectivity index (χ0v) is 8.96. The first kappa shape index (κ1) is 11.8. The lowest BCUT2D eigenvalue weighted by molar-refractivity contribution is 0.0902. The first-order chi connectivity index (χ1) is 7.97. The number of carbonyl (C=O) groups excluding carboxylic acids is 1. The maximum absolute atomic E-state index is 13.5. The average Bonchev–Trinajstić information content (AvgIpc) is 3.03. The van der Waals surface area contributed by atoms with E-state index in [1.165, 1.54) is 0 Å². The zero-order chi connectivity index (χ0) is 12.6. The minimum Gasteiger partial charge on any atom is -0.396 e. The summed E-state index contributed by atoms with van der Waals surface area (Å²) in [4.78, 5) is 11.7. The van der Waals surface area contributed by atoms with Gasteiger partial charge in [-0.25, -0.2) is 8.78 Å². The molecule has 0 atom stereocenters. The Hall–Kier alpha value is -1.69. The van der Waals surface area contributed by atoms with Gasteiger partial charge in [0.1, 0.15) is 5.82 Å². The zero-order valence-electron chi connectivity index (χ0n) is 8.96. The van der Waals surface area contributed by atoms with Crippen LogP contribution in [0.2, 0.25) is 0 Å². The van der Waals surface area contributed by atoms with Crippen LogP contribution >= 0.6 is 0 Å². The van der Waals surface area contributed by atoms with E-state index >= 15 is 0 Å². The number of amides is 1. The van der Waals surface area contributed by atoms with Gasteiger partial charge in [-0.1, -0.05) is 0 Å². The Balaban J connectivity index is 2.25. The molecule has 0 aliphatic heterocycles. The lowest BCUT2D eigenvalue weighted by atomic mass is 10.1. The summed E-state index contributed by atoms with van der Waals surface area (Å²) in [5.41, 5.74) is 3.70. The Morgan fingerprint density at radius 2 is 2.12 bits per heavy atom. The number of aliphatic hydroxyl groups is 1. The summed E-state index contributed by atoms with van der Waals surface area (Å²) >= 11 is 0. The fourth-order valence-corrected chi connectivity index (χ4v) is 1.56. The minimum absolute atomic E-state index is 0.217. The molecule has 0 unspecified atom stereocenters. The van der Waals surface area contributed by atoms with Crippen LogP contribution in [0, 0.1) is 11.6 Å². The van der Waals surface area contributed by atoms with Crippen LogP contribution in [0.3, 0.4) is 0 Å². The Morgan fingerprint density at radius 1 is 1.47 bits per heavy atom. The van der Waals surface area contributed by atoms with E-state index in [-0.39, 0.29) is 6.61 Å². The largest absolute Gasteiger partial charge is 0.396 e. The van der Waals surface area contributed by atoms with E-state index in [4.69, 9.17) is 10.8 Å². The van der Waals surface area contributed by atoms with E-state index in [9.17, 15) is 13.6 Å². The summed E-state index contributed by atoms with van der Waals surface area (Å²) in [6, 6.07) is 1.60. The molecule has 1 amide bonds. The van der Waals surface area contributed by atoms with E-state index in [0.29, 0.717) is 12.8 Å². The molecule has 2 rings (SSSR count). The molecule has 0 heterocycles. The molecule has 1 aliphatic carbocycles. The van der Waals surface area contributed by atoms with Crippen molar-refractivity contribution in [1.29, 1.82) is 0 Å². The quantitative estimate of drug-likeness (QED) is 0.686. The maximum atomic E-state index is 13.5. The fraction of sp³-hybridized carbons (Fsp3) is 0.364. The molecule has 4 nitrogen and oxygen atoms in total. The van der Waals surface area contributed by atoms with Crippen molar-refractivity contribution in [3.05, 3.63) is 29.3 Å². The molecule has 0 bridgehead atoms. The van der Waals surface area contributed by atoms with Crippen molar-refractivity contribution in [3.63, 3.8) is 0 Å². The van der Waals surface area contributed by atoms with Crippen LogP contribution in [-0.2, 0) is 0 Å². The van der Waals surface area contributed by atoms with Gasteiger partial charge >= 0.3 is 0 Å². The molecule has 92 valence electrons. The van der Waals surface area contributed by atoms with Gasteiger partial charge in [0, 0.05) is 0 Å². The lowest BCUT2D eigenvalue weighted by Crippen LogP contribution is -2.40. The Bertz CT molecular complexity index is 473. The normalized spacial score (nSPS) is 16.6. The third kappa shape index (κ3) is 2.21. The number of rotatable bonds is 3. The van der Waals surface area contributed by atoms with Crippen molar-refractivity contribution in [3.8, 4) is 0 Å². The number of carbonyl (C=O) groups is 1. The summed E-state index contributed by atoms with van der Waals surface area (Å²) in [6.45, 7) is -0.217. The second-order valence-electron chi connectivity index (χ2n) is 4.25. The van der Waals surface area contributed by atoms with Gasteiger partial charge in [-0.15, -0.1) is 0 Å². The van der Waals surface area contributed by atoms with Gasteiger partial charge in [-0.3, -0.25) is 4.79 Å². The first-order valence-electron chi connectivity index (χ1n) is 5.15. The van der Waals surface area contributed by atoms with Crippen LogP contribution < -0.4 is 11.1 Å². The second-order valence-corrected chi connectivity index (χ2v) is 4.25. The van der Waals surface area contributed by atoms with Crippen molar-refractivity contribution >= 4 is 11.6 Å². The molecule has 1 aromatic rings. The smallest absolute Gasteiger partial charge is 0.254 e. The molecule has 6 heteroatoms. The standard InChI is InChI=1S/C11H12F2N2O2/c12-6-3-7(9(13)8(14)4-6)10(17)15-11(5-16)1-2-11/h3-4,16H,1-2,5,14H2,(H,15,17). The van der Waals surface area contributed by atoms with Gasteiger partial charge in [0.15, 0.2) is 5.82 Å². The highest BCUT2D eigenvalue weighted by Gasteiger charge is 2.43. The highest BCUT2D eigenvalue weighted by molar-refractivity contribution is 5.96. The molecule has 0 spiro atoms. The van der Waals surface area contributed by atoms with Crippen molar-refractivity contribution in [2.75, 3.05) is 12.3 Å². The molecule has 0 radical (unpaired) electrons. The van der Waals surface area contributed by atoms with Gasteiger partial charge in [0.2, 0.25) is 0 Å². The number of nitrogens with one attached hydrogen (secondary N) is 1. The third-order valence-electron chi connectivity index (χ3n) is 2.85. The van der Waals surface area contributed by atoms with Gasteiger partial charge in [-0.05, 0) is 25.0 Å². The number of nitrogen functional groups attached to an aromatic ring is 1. The molecule has 1 aromatic carbocycles. The summed E-state index contributed by atoms with van der Waals surface area (Å²) < 4.78 is 26.5. The topological polar surface area (TPSA) is 75.4 Å². The van der Waals surface area contributed by atoms with Crippen molar-refractivity contribution < 1.29 is 18.7 Å². The van der Waals surface area contributed by atoms with Gasteiger partial charge < -0.3 is 16.2 Å². The molecule has 1 fully saturated rings. The first-order valence-corrected chi connectivity index (χ1v) is 5.15. The number of anilines is 1. The Labute approximate surface area is 96.4 Å². The van der Waals surface area contributed by atoms with Crippen molar-refractivity contribution in [2.45, 2.75) is 18.4 Å². The number of hydrogen-bond acceptors (Lipinski definition) is 3. The highest BCUT2D eigenvalue weighted by Crippen LogP contribution is 2.35. The van der Waals surface area contributed by atoms with Gasteiger partial charge in [0.05, 0.1) is 23.4 Å². The van der Waals surface area contributed by atoms with E-state index in [0.717, 1.165) is 12.1 Å². The SMILES string of the molecule is Nc1cc(F)cc(C(=O)NC2(CO)CC2)c1F. The molecular weight excluding hydrogens is 230 g/mol. The Kier molecular flexibility index (Phi) is 2.74. The van der Waals surface area contributed by atoms with E-state index in [2.05, 4.69) is 5.32 Å². The fourth-order valence-electron chi connectivity index (χ4n) is 1.56. The molecule has 1 aliphatic rings. The second kappa shape index (κ2) is 3.96. The van der Waals surface area contributed by atoms with Crippen molar-refractivity contribution in [2.24, 2.45) is 0 Å². The van der Waals surface area contributed by atoms with E-state index in [1.54, 1.807) is 0 Å². The number of benzene rings is 1. The van der Waals surface area contributed by atoms with Crippen LogP contribution in [0.15, 0.2) is 12.1 Å². The Morgan fingerprint density at radius 3 is 2.65 bits per heavy atom.